The van der Waals surface area contributed by atoms with Gasteiger partial charge >= 0.3 is 0 Å². The number of nitrogens with one attached hydrogen (secondary N) is 1. The van der Waals surface area contributed by atoms with Crippen molar-refractivity contribution in [3.8, 4) is 0 Å². The van der Waals surface area contributed by atoms with Crippen molar-refractivity contribution in [3.05, 3.63) is 30.3 Å². The summed E-state index contributed by atoms with van der Waals surface area (Å²) in [6, 6.07) is 10.2. The highest BCUT2D eigenvalue weighted by molar-refractivity contribution is 8.02. The largest absolute Gasteiger partial charge is 0.370 e. The van der Waals surface area contributed by atoms with Crippen molar-refractivity contribution in [1.29, 1.82) is 0 Å². The molecule has 128 valence electrons. The van der Waals surface area contributed by atoms with E-state index in [2.05, 4.69) is 17.1 Å². The molecule has 1 aliphatic rings. The van der Waals surface area contributed by atoms with E-state index in [1.807, 2.05) is 37.4 Å². The summed E-state index contributed by atoms with van der Waals surface area (Å²) in [7, 11) is -0.866. The zero-order valence-corrected chi connectivity index (χ0v) is 15.2. The molecule has 0 saturated carbocycles. The summed E-state index contributed by atoms with van der Waals surface area (Å²) in [6.07, 6.45) is 0.660. The minimum Gasteiger partial charge on any atom is -0.370 e. The number of carbonyl (C=O) groups is 1. The summed E-state index contributed by atoms with van der Waals surface area (Å²) in [4.78, 5) is 14.0. The predicted octanol–water partition coefficient (Wildman–Crippen LogP) is 1.55. The number of nitrogens with zero attached hydrogens (tertiary/aromatic N) is 1. The molecule has 23 heavy (non-hydrogen) atoms. The summed E-state index contributed by atoms with van der Waals surface area (Å²) >= 11 is 1.45. The number of anilines is 1. The first kappa shape index (κ1) is 18.1. The van der Waals surface area contributed by atoms with Crippen molar-refractivity contribution in [2.75, 3.05) is 35.8 Å². The van der Waals surface area contributed by atoms with Gasteiger partial charge in [0.15, 0.2) is 9.84 Å². The lowest BCUT2D eigenvalue weighted by molar-refractivity contribution is -0.118. The zero-order chi connectivity index (χ0) is 16.9. The van der Waals surface area contributed by atoms with Gasteiger partial charge in [-0.3, -0.25) is 4.79 Å². The number of hydrogen-bond acceptors (Lipinski definition) is 5. The molecule has 0 aromatic heterocycles. The third-order valence-electron chi connectivity index (χ3n) is 4.06. The van der Waals surface area contributed by atoms with Crippen LogP contribution in [0.5, 0.6) is 0 Å². The first-order chi connectivity index (χ1) is 10.9. The molecule has 7 heteroatoms. The lowest BCUT2D eigenvalue weighted by atomic mass is 10.2. The molecule has 1 saturated heterocycles. The highest BCUT2D eigenvalue weighted by atomic mass is 32.2. The van der Waals surface area contributed by atoms with E-state index >= 15 is 0 Å². The highest BCUT2D eigenvalue weighted by Crippen LogP contribution is 2.24. The van der Waals surface area contributed by atoms with Crippen LogP contribution < -0.4 is 10.2 Å². The maximum atomic E-state index is 11.9. The van der Waals surface area contributed by atoms with Crippen molar-refractivity contribution < 1.29 is 13.2 Å². The molecular formula is C16H24N2O3S2. The monoisotopic (exact) mass is 356 g/mol. The fourth-order valence-corrected chi connectivity index (χ4v) is 5.93. The number of benzene rings is 1. The molecule has 1 N–H and O–H groups in total. The second-order valence-electron chi connectivity index (χ2n) is 5.94. The molecule has 5 nitrogen and oxygen atoms in total. The van der Waals surface area contributed by atoms with Gasteiger partial charge in [-0.05, 0) is 25.5 Å². The lowest BCUT2D eigenvalue weighted by Gasteiger charge is -2.27. The van der Waals surface area contributed by atoms with Crippen molar-refractivity contribution in [1.82, 2.24) is 5.32 Å². The van der Waals surface area contributed by atoms with Crippen LogP contribution in [0.3, 0.4) is 0 Å². The van der Waals surface area contributed by atoms with Gasteiger partial charge in [0.2, 0.25) is 5.91 Å². The lowest BCUT2D eigenvalue weighted by Crippen LogP contribution is -2.41. The quantitative estimate of drug-likeness (QED) is 0.803. The molecule has 0 unspecified atom stereocenters. The van der Waals surface area contributed by atoms with Gasteiger partial charge in [-0.1, -0.05) is 18.2 Å². The van der Waals surface area contributed by atoms with E-state index < -0.39 is 9.84 Å². The van der Waals surface area contributed by atoms with E-state index in [4.69, 9.17) is 0 Å². The molecule has 1 fully saturated rings. The molecule has 1 amide bonds. The predicted molar refractivity (Wildman–Crippen MR) is 96.8 cm³/mol. The third kappa shape index (κ3) is 5.73. The average molecular weight is 357 g/mol. The van der Waals surface area contributed by atoms with E-state index in [0.29, 0.717) is 18.7 Å². The number of sulfone groups is 1. The van der Waals surface area contributed by atoms with Crippen molar-refractivity contribution in [2.45, 2.75) is 24.6 Å². The van der Waals surface area contributed by atoms with E-state index in [9.17, 15) is 13.2 Å². The Hall–Kier alpha value is -1.21. The van der Waals surface area contributed by atoms with Gasteiger partial charge in [0.1, 0.15) is 0 Å². The Labute approximate surface area is 142 Å². The standard InChI is InChI=1S/C16H24N2O3S2/c1-13(18(2)14-6-4-3-5-7-14)10-17-16(19)11-22-15-8-9-23(20,21)12-15/h3-7,13,15H,8-12H2,1-2H3,(H,17,19)/t13-,15-/m0/s1. The Morgan fingerprint density at radius 3 is 2.70 bits per heavy atom. The molecule has 2 atom stereocenters. The SMILES string of the molecule is C[C@@H](CNC(=O)CS[C@H]1CCS(=O)(=O)C1)N(C)c1ccccc1. The van der Waals surface area contributed by atoms with Gasteiger partial charge in [-0.2, -0.15) is 0 Å². The molecule has 2 rings (SSSR count). The van der Waals surface area contributed by atoms with Crippen molar-refractivity contribution in [3.63, 3.8) is 0 Å². The molecule has 0 aliphatic carbocycles. The first-order valence-corrected chi connectivity index (χ1v) is 10.6. The van der Waals surface area contributed by atoms with Crippen LogP contribution in [0.15, 0.2) is 30.3 Å². The number of thioether (sulfide) groups is 1. The summed E-state index contributed by atoms with van der Waals surface area (Å²) in [5.74, 6) is 0.748. The van der Waals surface area contributed by atoms with Gasteiger partial charge in [0.25, 0.3) is 0 Å². The summed E-state index contributed by atoms with van der Waals surface area (Å²) in [6.45, 7) is 2.62. The summed E-state index contributed by atoms with van der Waals surface area (Å²) < 4.78 is 22.8. The molecule has 0 bridgehead atoms. The fraction of sp³-hybridized carbons (Fsp3) is 0.562. The van der Waals surface area contributed by atoms with E-state index in [1.165, 1.54) is 11.8 Å². The maximum Gasteiger partial charge on any atom is 0.230 e. The summed E-state index contributed by atoms with van der Waals surface area (Å²) in [5.41, 5.74) is 1.11. The number of rotatable bonds is 7. The Kier molecular flexibility index (Phi) is 6.35. The Morgan fingerprint density at radius 2 is 2.09 bits per heavy atom. The average Bonchev–Trinajstić information content (AvgIpc) is 2.89. The van der Waals surface area contributed by atoms with Crippen molar-refractivity contribution in [2.24, 2.45) is 0 Å². The second-order valence-corrected chi connectivity index (χ2v) is 9.45. The number of hydrogen-bond donors (Lipinski definition) is 1. The van der Waals surface area contributed by atoms with E-state index in [0.717, 1.165) is 5.69 Å². The molecule has 0 radical (unpaired) electrons. The highest BCUT2D eigenvalue weighted by Gasteiger charge is 2.28. The van der Waals surface area contributed by atoms with Crippen LogP contribution in [0.1, 0.15) is 13.3 Å². The first-order valence-electron chi connectivity index (χ1n) is 7.74. The Balaban J connectivity index is 1.70. The Bertz CT molecular complexity index is 619. The van der Waals surface area contributed by atoms with E-state index in [-0.39, 0.29) is 28.7 Å². The van der Waals surface area contributed by atoms with E-state index in [1.54, 1.807) is 0 Å². The third-order valence-corrected chi connectivity index (χ3v) is 7.34. The Morgan fingerprint density at radius 1 is 1.39 bits per heavy atom. The molecule has 0 spiro atoms. The molecule has 1 aromatic carbocycles. The van der Waals surface area contributed by atoms with Gasteiger partial charge in [0.05, 0.1) is 17.3 Å². The maximum absolute atomic E-state index is 11.9. The van der Waals surface area contributed by atoms with Crippen LogP contribution in [-0.2, 0) is 14.6 Å². The molecule has 1 aromatic rings. The summed E-state index contributed by atoms with van der Waals surface area (Å²) in [5, 5.41) is 2.99. The number of carbonyl (C=O) groups excluding carboxylic acids is 1. The molecule has 1 aliphatic heterocycles. The van der Waals surface area contributed by atoms with Crippen LogP contribution in [-0.4, -0.2) is 56.5 Å². The van der Waals surface area contributed by atoms with Crippen LogP contribution in [0.4, 0.5) is 5.69 Å². The molecule has 1 heterocycles. The van der Waals surface area contributed by atoms with Crippen LogP contribution >= 0.6 is 11.8 Å². The number of para-hydroxylation sites is 1. The van der Waals surface area contributed by atoms with Crippen molar-refractivity contribution >= 4 is 33.2 Å². The topological polar surface area (TPSA) is 66.5 Å². The smallest absolute Gasteiger partial charge is 0.230 e. The minimum absolute atomic E-state index is 0.0346. The van der Waals surface area contributed by atoms with Gasteiger partial charge in [0, 0.05) is 30.6 Å². The van der Waals surface area contributed by atoms with Crippen LogP contribution in [0.2, 0.25) is 0 Å². The molecular weight excluding hydrogens is 332 g/mol. The van der Waals surface area contributed by atoms with Gasteiger partial charge < -0.3 is 10.2 Å². The van der Waals surface area contributed by atoms with Crippen LogP contribution in [0.25, 0.3) is 0 Å². The van der Waals surface area contributed by atoms with Gasteiger partial charge in [-0.15, -0.1) is 11.8 Å². The van der Waals surface area contributed by atoms with Crippen LogP contribution in [0, 0.1) is 0 Å². The number of amides is 1. The van der Waals surface area contributed by atoms with Gasteiger partial charge in [-0.25, -0.2) is 8.42 Å². The minimum atomic E-state index is -2.87. The fourth-order valence-electron chi connectivity index (χ4n) is 2.45. The normalized spacial score (nSPS) is 20.9. The zero-order valence-electron chi connectivity index (χ0n) is 13.6. The second kappa shape index (κ2) is 8.06. The number of likely N-dealkylation sites (N-methyl/N-ethyl adjacent to an activating group) is 1.